The first-order valence-corrected chi connectivity index (χ1v) is 7.33. The van der Waals surface area contributed by atoms with E-state index in [0.29, 0.717) is 17.3 Å². The third-order valence-electron chi connectivity index (χ3n) is 3.28. The Balaban J connectivity index is 1.97. The van der Waals surface area contributed by atoms with E-state index in [1.807, 2.05) is 30.3 Å². The SMILES string of the molecule is CCCCc1ccc(OCc2c(N)cccc2Cl)cc1. The minimum Gasteiger partial charge on any atom is -0.489 e. The van der Waals surface area contributed by atoms with Gasteiger partial charge in [-0.05, 0) is 42.7 Å². The van der Waals surface area contributed by atoms with Crippen LogP contribution in [0, 0.1) is 0 Å². The van der Waals surface area contributed by atoms with Crippen molar-refractivity contribution < 1.29 is 4.74 Å². The van der Waals surface area contributed by atoms with Gasteiger partial charge in [0.1, 0.15) is 12.4 Å². The molecular weight excluding hydrogens is 270 g/mol. The summed E-state index contributed by atoms with van der Waals surface area (Å²) in [4.78, 5) is 0. The summed E-state index contributed by atoms with van der Waals surface area (Å²) in [6, 6.07) is 13.7. The molecule has 106 valence electrons. The topological polar surface area (TPSA) is 35.2 Å². The molecule has 0 aliphatic carbocycles. The summed E-state index contributed by atoms with van der Waals surface area (Å²) in [6.45, 7) is 2.59. The number of rotatable bonds is 6. The van der Waals surface area contributed by atoms with Gasteiger partial charge in [-0.1, -0.05) is 43.1 Å². The Morgan fingerprint density at radius 2 is 1.85 bits per heavy atom. The maximum atomic E-state index is 6.12. The van der Waals surface area contributed by atoms with E-state index in [2.05, 4.69) is 19.1 Å². The molecule has 20 heavy (non-hydrogen) atoms. The van der Waals surface area contributed by atoms with E-state index in [9.17, 15) is 0 Å². The van der Waals surface area contributed by atoms with Crippen molar-refractivity contribution in [1.29, 1.82) is 0 Å². The molecule has 0 aliphatic rings. The maximum Gasteiger partial charge on any atom is 0.119 e. The number of anilines is 1. The van der Waals surface area contributed by atoms with Crippen LogP contribution in [0.4, 0.5) is 5.69 Å². The van der Waals surface area contributed by atoms with Gasteiger partial charge in [0.25, 0.3) is 0 Å². The number of ether oxygens (including phenoxy) is 1. The molecule has 0 saturated carbocycles. The van der Waals surface area contributed by atoms with Crippen molar-refractivity contribution in [3.63, 3.8) is 0 Å². The zero-order valence-electron chi connectivity index (χ0n) is 11.7. The second kappa shape index (κ2) is 7.20. The predicted octanol–water partition coefficient (Wildman–Crippen LogP) is 4.84. The van der Waals surface area contributed by atoms with Crippen molar-refractivity contribution in [1.82, 2.24) is 0 Å². The number of hydrogen-bond donors (Lipinski definition) is 1. The van der Waals surface area contributed by atoms with Crippen LogP contribution < -0.4 is 10.5 Å². The fraction of sp³-hybridized carbons (Fsp3) is 0.294. The van der Waals surface area contributed by atoms with Crippen molar-refractivity contribution in [3.05, 3.63) is 58.6 Å². The standard InChI is InChI=1S/C17H20ClNO/c1-2-3-5-13-8-10-14(11-9-13)20-12-15-16(18)6-4-7-17(15)19/h4,6-11H,2-3,5,12,19H2,1H3. The zero-order chi connectivity index (χ0) is 14.4. The highest BCUT2D eigenvalue weighted by molar-refractivity contribution is 6.31. The van der Waals surface area contributed by atoms with E-state index in [4.69, 9.17) is 22.1 Å². The van der Waals surface area contributed by atoms with Crippen LogP contribution in [0.15, 0.2) is 42.5 Å². The Hall–Kier alpha value is -1.67. The molecule has 2 aromatic rings. The van der Waals surface area contributed by atoms with Crippen LogP contribution in [0.5, 0.6) is 5.75 Å². The molecular formula is C17H20ClNO. The first-order chi connectivity index (χ1) is 9.70. The molecule has 0 amide bonds. The van der Waals surface area contributed by atoms with Crippen molar-refractivity contribution in [3.8, 4) is 5.75 Å². The smallest absolute Gasteiger partial charge is 0.119 e. The van der Waals surface area contributed by atoms with E-state index in [0.717, 1.165) is 17.7 Å². The second-order valence-corrected chi connectivity index (χ2v) is 5.25. The van der Waals surface area contributed by atoms with Gasteiger partial charge in [-0.15, -0.1) is 0 Å². The molecule has 0 unspecified atom stereocenters. The highest BCUT2D eigenvalue weighted by Crippen LogP contribution is 2.24. The van der Waals surface area contributed by atoms with Crippen molar-refractivity contribution >= 4 is 17.3 Å². The van der Waals surface area contributed by atoms with E-state index in [1.165, 1.54) is 18.4 Å². The Bertz CT molecular complexity index is 531. The Labute approximate surface area is 125 Å². The van der Waals surface area contributed by atoms with Gasteiger partial charge < -0.3 is 10.5 Å². The minimum absolute atomic E-state index is 0.389. The van der Waals surface area contributed by atoms with Crippen LogP contribution in [-0.4, -0.2) is 0 Å². The maximum absolute atomic E-state index is 6.12. The van der Waals surface area contributed by atoms with Gasteiger partial charge in [0, 0.05) is 16.3 Å². The fourth-order valence-corrected chi connectivity index (χ4v) is 2.25. The van der Waals surface area contributed by atoms with Crippen molar-refractivity contribution in [2.24, 2.45) is 0 Å². The first kappa shape index (κ1) is 14.7. The molecule has 0 spiro atoms. The lowest BCUT2D eigenvalue weighted by molar-refractivity contribution is 0.307. The minimum atomic E-state index is 0.389. The molecule has 0 heterocycles. The summed E-state index contributed by atoms with van der Waals surface area (Å²) < 4.78 is 5.75. The van der Waals surface area contributed by atoms with Gasteiger partial charge in [-0.3, -0.25) is 0 Å². The largest absolute Gasteiger partial charge is 0.489 e. The molecule has 3 heteroatoms. The van der Waals surface area contributed by atoms with E-state index in [1.54, 1.807) is 0 Å². The molecule has 2 rings (SSSR count). The molecule has 0 atom stereocenters. The summed E-state index contributed by atoms with van der Waals surface area (Å²) in [5.74, 6) is 0.838. The normalized spacial score (nSPS) is 10.5. The fourth-order valence-electron chi connectivity index (χ4n) is 2.02. The number of unbranched alkanes of at least 4 members (excludes halogenated alkanes) is 1. The quantitative estimate of drug-likeness (QED) is 0.772. The Morgan fingerprint density at radius 3 is 2.50 bits per heavy atom. The molecule has 0 aliphatic heterocycles. The van der Waals surface area contributed by atoms with Crippen LogP contribution in [0.3, 0.4) is 0 Å². The summed E-state index contributed by atoms with van der Waals surface area (Å²) >= 11 is 6.12. The summed E-state index contributed by atoms with van der Waals surface area (Å²) in [5.41, 5.74) is 8.75. The predicted molar refractivity (Wildman–Crippen MR) is 85.3 cm³/mol. The van der Waals surface area contributed by atoms with Crippen molar-refractivity contribution in [2.45, 2.75) is 32.8 Å². The lowest BCUT2D eigenvalue weighted by Crippen LogP contribution is -2.01. The molecule has 0 bridgehead atoms. The molecule has 2 nitrogen and oxygen atoms in total. The zero-order valence-corrected chi connectivity index (χ0v) is 12.5. The second-order valence-electron chi connectivity index (χ2n) is 4.84. The Morgan fingerprint density at radius 1 is 1.10 bits per heavy atom. The third kappa shape index (κ3) is 3.91. The van der Waals surface area contributed by atoms with Gasteiger partial charge in [-0.25, -0.2) is 0 Å². The highest BCUT2D eigenvalue weighted by Gasteiger charge is 2.05. The summed E-state index contributed by atoms with van der Waals surface area (Å²) in [5, 5.41) is 0.643. The average Bonchev–Trinajstić information content (AvgIpc) is 2.46. The molecule has 0 aromatic heterocycles. The van der Waals surface area contributed by atoms with Gasteiger partial charge in [0.05, 0.1) is 0 Å². The number of hydrogen-bond acceptors (Lipinski definition) is 2. The van der Waals surface area contributed by atoms with Gasteiger partial charge in [-0.2, -0.15) is 0 Å². The molecule has 0 radical (unpaired) electrons. The number of nitrogen functional groups attached to an aromatic ring is 1. The van der Waals surface area contributed by atoms with E-state index in [-0.39, 0.29) is 0 Å². The van der Waals surface area contributed by atoms with Gasteiger partial charge >= 0.3 is 0 Å². The number of aryl methyl sites for hydroxylation is 1. The number of benzene rings is 2. The lowest BCUT2D eigenvalue weighted by atomic mass is 10.1. The van der Waals surface area contributed by atoms with Gasteiger partial charge in [0.15, 0.2) is 0 Å². The monoisotopic (exact) mass is 289 g/mol. The summed E-state index contributed by atoms with van der Waals surface area (Å²) in [7, 11) is 0. The molecule has 2 aromatic carbocycles. The van der Waals surface area contributed by atoms with E-state index < -0.39 is 0 Å². The number of nitrogens with two attached hydrogens (primary N) is 1. The van der Waals surface area contributed by atoms with E-state index >= 15 is 0 Å². The molecule has 2 N–H and O–H groups in total. The average molecular weight is 290 g/mol. The number of halogens is 1. The van der Waals surface area contributed by atoms with Crippen molar-refractivity contribution in [2.75, 3.05) is 5.73 Å². The van der Waals surface area contributed by atoms with Crippen LogP contribution in [0.1, 0.15) is 30.9 Å². The lowest BCUT2D eigenvalue weighted by Gasteiger charge is -2.10. The first-order valence-electron chi connectivity index (χ1n) is 6.95. The summed E-state index contributed by atoms with van der Waals surface area (Å²) in [6.07, 6.45) is 3.55. The van der Waals surface area contributed by atoms with Crippen LogP contribution in [-0.2, 0) is 13.0 Å². The van der Waals surface area contributed by atoms with Crippen LogP contribution >= 0.6 is 11.6 Å². The van der Waals surface area contributed by atoms with Crippen LogP contribution in [0.25, 0.3) is 0 Å². The third-order valence-corrected chi connectivity index (χ3v) is 3.63. The molecule has 0 fully saturated rings. The van der Waals surface area contributed by atoms with Gasteiger partial charge in [0.2, 0.25) is 0 Å². The van der Waals surface area contributed by atoms with Crippen LogP contribution in [0.2, 0.25) is 5.02 Å². The molecule has 0 saturated heterocycles. The Kier molecular flexibility index (Phi) is 5.31. The highest BCUT2D eigenvalue weighted by atomic mass is 35.5.